The zero-order valence-corrected chi connectivity index (χ0v) is 12.1. The Hall–Kier alpha value is -1.88. The average molecular weight is 275 g/mol. The van der Waals surface area contributed by atoms with Crippen molar-refractivity contribution in [3.63, 3.8) is 0 Å². The van der Waals surface area contributed by atoms with Crippen molar-refractivity contribution in [1.29, 1.82) is 0 Å². The van der Waals surface area contributed by atoms with Crippen LogP contribution in [0.3, 0.4) is 0 Å². The van der Waals surface area contributed by atoms with Gasteiger partial charge in [0.25, 0.3) is 0 Å². The summed E-state index contributed by atoms with van der Waals surface area (Å²) in [6.07, 6.45) is 1.84. The molecule has 0 radical (unpaired) electrons. The number of benzene rings is 1. The van der Waals surface area contributed by atoms with Gasteiger partial charge in [-0.1, -0.05) is 30.3 Å². The van der Waals surface area contributed by atoms with Crippen molar-refractivity contribution in [2.24, 2.45) is 0 Å². The van der Waals surface area contributed by atoms with E-state index in [1.165, 1.54) is 0 Å². The summed E-state index contributed by atoms with van der Waals surface area (Å²) in [6.45, 7) is 1.86. The molecule has 1 aromatic heterocycles. The first-order chi connectivity index (χ1) is 9.02. The number of rotatable bonds is 3. The smallest absolute Gasteiger partial charge is 0.244 e. The molecule has 1 unspecified atom stereocenters. The minimum absolute atomic E-state index is 0.0212. The Balaban J connectivity index is 2.50. The van der Waals surface area contributed by atoms with Gasteiger partial charge in [0.05, 0.1) is 5.69 Å². The maximum Gasteiger partial charge on any atom is 0.244 e. The number of aromatic nitrogens is 2. The molecular weight excluding hydrogens is 258 g/mol. The van der Waals surface area contributed by atoms with Crippen LogP contribution >= 0.6 is 12.2 Å². The van der Waals surface area contributed by atoms with Crippen molar-refractivity contribution in [3.8, 4) is 11.3 Å². The van der Waals surface area contributed by atoms with E-state index in [-0.39, 0.29) is 11.9 Å². The summed E-state index contributed by atoms with van der Waals surface area (Å²) >= 11 is 5.29. The topological polar surface area (TPSA) is 41.0 Å². The number of carbonyl (C=O) groups is 1. The van der Waals surface area contributed by atoms with Gasteiger partial charge in [0.15, 0.2) is 4.77 Å². The van der Waals surface area contributed by atoms with E-state index in [2.05, 4.69) is 4.98 Å². The van der Waals surface area contributed by atoms with E-state index >= 15 is 0 Å². The van der Waals surface area contributed by atoms with Crippen molar-refractivity contribution >= 4 is 18.1 Å². The maximum atomic E-state index is 12.1. The van der Waals surface area contributed by atoms with E-state index in [9.17, 15) is 4.79 Å². The van der Waals surface area contributed by atoms with Gasteiger partial charge in [-0.3, -0.25) is 4.79 Å². The highest BCUT2D eigenvalue weighted by atomic mass is 32.1. The molecule has 0 aliphatic rings. The van der Waals surface area contributed by atoms with Crippen molar-refractivity contribution < 1.29 is 4.79 Å². The van der Waals surface area contributed by atoms with Crippen molar-refractivity contribution in [1.82, 2.24) is 14.5 Å². The minimum atomic E-state index is -0.330. The number of hydrogen-bond donors (Lipinski definition) is 1. The Morgan fingerprint density at radius 2 is 1.95 bits per heavy atom. The SMILES string of the molecule is CC(C(=O)N(C)C)n1c(-c2ccccc2)c[nH]c1=S. The highest BCUT2D eigenvalue weighted by Gasteiger charge is 2.20. The van der Waals surface area contributed by atoms with Crippen LogP contribution in [0, 0.1) is 4.77 Å². The molecule has 0 aliphatic carbocycles. The van der Waals surface area contributed by atoms with Gasteiger partial charge in [-0.05, 0) is 24.7 Å². The maximum absolute atomic E-state index is 12.1. The second kappa shape index (κ2) is 5.40. The molecule has 0 fully saturated rings. The third kappa shape index (κ3) is 2.61. The van der Waals surface area contributed by atoms with Crippen LogP contribution in [0.5, 0.6) is 0 Å². The van der Waals surface area contributed by atoms with Gasteiger partial charge in [-0.25, -0.2) is 0 Å². The molecule has 2 aromatic rings. The normalized spacial score (nSPS) is 12.2. The Labute approximate surface area is 117 Å². The summed E-state index contributed by atoms with van der Waals surface area (Å²) in [5, 5.41) is 0. The number of imidazole rings is 1. The highest BCUT2D eigenvalue weighted by Crippen LogP contribution is 2.23. The Morgan fingerprint density at radius 1 is 1.32 bits per heavy atom. The second-order valence-electron chi connectivity index (χ2n) is 4.62. The highest BCUT2D eigenvalue weighted by molar-refractivity contribution is 7.71. The molecule has 1 atom stereocenters. The molecule has 19 heavy (non-hydrogen) atoms. The van der Waals surface area contributed by atoms with E-state index < -0.39 is 0 Å². The van der Waals surface area contributed by atoms with Gasteiger partial charge >= 0.3 is 0 Å². The lowest BCUT2D eigenvalue weighted by Gasteiger charge is -2.20. The van der Waals surface area contributed by atoms with Gasteiger partial charge in [0.2, 0.25) is 5.91 Å². The van der Waals surface area contributed by atoms with Crippen molar-refractivity contribution in [2.45, 2.75) is 13.0 Å². The molecule has 100 valence electrons. The summed E-state index contributed by atoms with van der Waals surface area (Å²) in [5.74, 6) is 0.0212. The van der Waals surface area contributed by atoms with E-state index in [0.29, 0.717) is 4.77 Å². The van der Waals surface area contributed by atoms with Gasteiger partial charge in [0, 0.05) is 20.3 Å². The molecule has 0 saturated carbocycles. The molecule has 1 heterocycles. The minimum Gasteiger partial charge on any atom is -0.347 e. The molecule has 4 nitrogen and oxygen atoms in total. The molecule has 1 amide bonds. The summed E-state index contributed by atoms with van der Waals surface area (Å²) in [5.41, 5.74) is 1.96. The first kappa shape index (κ1) is 13.5. The van der Waals surface area contributed by atoms with Crippen LogP contribution in [0.2, 0.25) is 0 Å². The zero-order chi connectivity index (χ0) is 14.0. The molecule has 0 saturated heterocycles. The van der Waals surface area contributed by atoms with Crippen LogP contribution in [0.25, 0.3) is 11.3 Å². The number of nitrogens with one attached hydrogen (secondary N) is 1. The van der Waals surface area contributed by atoms with Gasteiger partial charge in [-0.15, -0.1) is 0 Å². The summed E-state index contributed by atoms with van der Waals surface area (Å²) in [4.78, 5) is 16.7. The Morgan fingerprint density at radius 3 is 2.53 bits per heavy atom. The third-order valence-electron chi connectivity index (χ3n) is 3.07. The van der Waals surface area contributed by atoms with Crippen molar-refractivity contribution in [2.75, 3.05) is 14.1 Å². The Kier molecular flexibility index (Phi) is 3.85. The van der Waals surface area contributed by atoms with E-state index in [4.69, 9.17) is 12.2 Å². The van der Waals surface area contributed by atoms with Crippen LogP contribution in [-0.2, 0) is 4.79 Å². The fraction of sp³-hybridized carbons (Fsp3) is 0.286. The van der Waals surface area contributed by atoms with E-state index in [0.717, 1.165) is 11.3 Å². The predicted molar refractivity (Wildman–Crippen MR) is 78.5 cm³/mol. The predicted octanol–water partition coefficient (Wildman–Crippen LogP) is 2.86. The first-order valence-electron chi connectivity index (χ1n) is 6.09. The van der Waals surface area contributed by atoms with Crippen molar-refractivity contribution in [3.05, 3.63) is 41.3 Å². The van der Waals surface area contributed by atoms with Crippen LogP contribution in [0.4, 0.5) is 0 Å². The average Bonchev–Trinajstić information content (AvgIpc) is 2.79. The second-order valence-corrected chi connectivity index (χ2v) is 5.01. The van der Waals surface area contributed by atoms with Crippen LogP contribution in [0.15, 0.2) is 36.5 Å². The molecule has 2 rings (SSSR count). The van der Waals surface area contributed by atoms with E-state index in [1.807, 2.05) is 48.0 Å². The lowest BCUT2D eigenvalue weighted by Crippen LogP contribution is -2.30. The molecular formula is C14H17N3OS. The molecule has 1 N–H and O–H groups in total. The number of hydrogen-bond acceptors (Lipinski definition) is 2. The number of carbonyl (C=O) groups excluding carboxylic acids is 1. The number of likely N-dealkylation sites (N-methyl/N-ethyl adjacent to an activating group) is 1. The third-order valence-corrected chi connectivity index (χ3v) is 3.38. The van der Waals surface area contributed by atoms with Gasteiger partial charge in [0.1, 0.15) is 6.04 Å². The van der Waals surface area contributed by atoms with E-state index in [1.54, 1.807) is 19.0 Å². The summed E-state index contributed by atoms with van der Waals surface area (Å²) in [6, 6.07) is 9.57. The lowest BCUT2D eigenvalue weighted by atomic mass is 10.1. The van der Waals surface area contributed by atoms with Gasteiger partial charge < -0.3 is 14.5 Å². The first-order valence-corrected chi connectivity index (χ1v) is 6.49. The van der Waals surface area contributed by atoms with Crippen LogP contribution in [0.1, 0.15) is 13.0 Å². The van der Waals surface area contributed by atoms with Crippen LogP contribution < -0.4 is 0 Å². The Bertz CT molecular complexity index is 628. The fourth-order valence-corrected chi connectivity index (χ4v) is 2.39. The molecule has 0 aliphatic heterocycles. The lowest BCUT2D eigenvalue weighted by molar-refractivity contribution is -0.131. The molecule has 5 heteroatoms. The number of amides is 1. The summed E-state index contributed by atoms with van der Waals surface area (Å²) < 4.78 is 2.41. The molecule has 1 aromatic carbocycles. The molecule has 0 spiro atoms. The quantitative estimate of drug-likeness (QED) is 0.875. The number of H-pyrrole nitrogens is 1. The number of aromatic amines is 1. The standard InChI is InChI=1S/C14H17N3OS/c1-10(13(18)16(2)3)17-12(9-15-14(17)19)11-7-5-4-6-8-11/h4-10H,1-3H3,(H,15,19). The van der Waals surface area contributed by atoms with Crippen LogP contribution in [-0.4, -0.2) is 34.5 Å². The zero-order valence-electron chi connectivity index (χ0n) is 11.3. The van der Waals surface area contributed by atoms with Gasteiger partial charge in [-0.2, -0.15) is 0 Å². The summed E-state index contributed by atoms with van der Waals surface area (Å²) in [7, 11) is 3.49. The largest absolute Gasteiger partial charge is 0.347 e. The monoisotopic (exact) mass is 275 g/mol. The fourth-order valence-electron chi connectivity index (χ4n) is 2.08. The number of nitrogens with zero attached hydrogens (tertiary/aromatic N) is 2. The molecule has 0 bridgehead atoms.